The van der Waals surface area contributed by atoms with E-state index in [0.717, 1.165) is 12.0 Å². The van der Waals surface area contributed by atoms with E-state index in [9.17, 15) is 4.79 Å². The second-order valence-electron chi connectivity index (χ2n) is 3.44. The molecule has 0 radical (unpaired) electrons. The number of ether oxygens (including phenoxy) is 1. The minimum atomic E-state index is -0.325. The van der Waals surface area contributed by atoms with Gasteiger partial charge in [-0.15, -0.1) is 0 Å². The number of halogens is 1. The van der Waals surface area contributed by atoms with Gasteiger partial charge in [0.05, 0.1) is 17.7 Å². The third-order valence-electron chi connectivity index (χ3n) is 2.59. The van der Waals surface area contributed by atoms with Gasteiger partial charge in [0.25, 0.3) is 0 Å². The van der Waals surface area contributed by atoms with Crippen LogP contribution in [0.15, 0.2) is 29.8 Å². The summed E-state index contributed by atoms with van der Waals surface area (Å²) in [5, 5.41) is 0.531. The second kappa shape index (κ2) is 4.07. The van der Waals surface area contributed by atoms with Crippen LogP contribution in [0.4, 0.5) is 0 Å². The van der Waals surface area contributed by atoms with E-state index in [4.69, 9.17) is 16.3 Å². The Morgan fingerprint density at radius 3 is 2.80 bits per heavy atom. The van der Waals surface area contributed by atoms with Crippen LogP contribution in [0, 0.1) is 0 Å². The van der Waals surface area contributed by atoms with Crippen LogP contribution in [0.5, 0.6) is 0 Å². The van der Waals surface area contributed by atoms with Crippen LogP contribution in [0.3, 0.4) is 0 Å². The Hall–Kier alpha value is -1.28. The van der Waals surface area contributed by atoms with Crippen molar-refractivity contribution in [3.63, 3.8) is 0 Å². The van der Waals surface area contributed by atoms with Gasteiger partial charge in [-0.2, -0.15) is 0 Å². The molecular weight excluding hydrogens is 212 g/mol. The molecule has 0 atom stereocenters. The van der Waals surface area contributed by atoms with Crippen LogP contribution >= 0.6 is 11.6 Å². The number of methoxy groups -OCH3 is 1. The summed E-state index contributed by atoms with van der Waals surface area (Å²) in [6.45, 7) is 0. The molecule has 1 aliphatic rings. The minimum Gasteiger partial charge on any atom is -0.466 e. The Balaban J connectivity index is 2.49. The number of carbonyl (C=O) groups is 1. The van der Waals surface area contributed by atoms with Crippen LogP contribution in [0.25, 0.3) is 5.03 Å². The molecule has 0 N–H and O–H groups in total. The van der Waals surface area contributed by atoms with Gasteiger partial charge >= 0.3 is 5.97 Å². The Bertz CT molecular complexity index is 435. The number of hydrogen-bond acceptors (Lipinski definition) is 2. The lowest BCUT2D eigenvalue weighted by Crippen LogP contribution is -2.11. The van der Waals surface area contributed by atoms with Crippen molar-refractivity contribution in [1.82, 2.24) is 0 Å². The summed E-state index contributed by atoms with van der Waals surface area (Å²) in [6, 6.07) is 7.86. The van der Waals surface area contributed by atoms with Gasteiger partial charge in [0.15, 0.2) is 0 Å². The van der Waals surface area contributed by atoms with E-state index in [1.165, 1.54) is 12.7 Å². The van der Waals surface area contributed by atoms with E-state index in [1.54, 1.807) is 0 Å². The molecule has 0 saturated carbocycles. The fourth-order valence-corrected chi connectivity index (χ4v) is 2.16. The number of carbonyl (C=O) groups excluding carboxylic acids is 1. The fourth-order valence-electron chi connectivity index (χ4n) is 1.80. The number of fused-ring (bicyclic) bond motifs is 1. The lowest BCUT2D eigenvalue weighted by atomic mass is 9.92. The third kappa shape index (κ3) is 1.77. The lowest BCUT2D eigenvalue weighted by Gasteiger charge is -2.17. The average Bonchev–Trinajstić information content (AvgIpc) is 2.29. The lowest BCUT2D eigenvalue weighted by molar-refractivity contribution is -0.136. The molecule has 0 fully saturated rings. The zero-order valence-corrected chi connectivity index (χ0v) is 9.17. The van der Waals surface area contributed by atoms with Crippen molar-refractivity contribution in [1.29, 1.82) is 0 Å². The normalized spacial score (nSPS) is 14.8. The largest absolute Gasteiger partial charge is 0.466 e. The fraction of sp³-hybridized carbons (Fsp3) is 0.250. The molecule has 0 heterocycles. The van der Waals surface area contributed by atoms with E-state index in [-0.39, 0.29) is 5.97 Å². The number of rotatable bonds is 1. The zero-order chi connectivity index (χ0) is 10.8. The van der Waals surface area contributed by atoms with Crippen LogP contribution in [0.2, 0.25) is 0 Å². The highest BCUT2D eigenvalue weighted by Crippen LogP contribution is 2.34. The van der Waals surface area contributed by atoms with Gasteiger partial charge in [-0.3, -0.25) is 0 Å². The van der Waals surface area contributed by atoms with E-state index in [2.05, 4.69) is 0 Å². The SMILES string of the molecule is COC(=O)C1=C(Cl)c2ccccc2CC1. The molecule has 1 aromatic rings. The summed E-state index contributed by atoms with van der Waals surface area (Å²) in [6.07, 6.45) is 1.50. The number of hydrogen-bond donors (Lipinski definition) is 0. The molecule has 0 amide bonds. The topological polar surface area (TPSA) is 26.3 Å². The molecule has 3 heteroatoms. The molecule has 0 saturated heterocycles. The molecule has 1 aliphatic carbocycles. The molecule has 15 heavy (non-hydrogen) atoms. The third-order valence-corrected chi connectivity index (χ3v) is 3.03. The molecule has 0 unspecified atom stereocenters. The van der Waals surface area contributed by atoms with Gasteiger partial charge < -0.3 is 4.74 Å². The van der Waals surface area contributed by atoms with Crippen molar-refractivity contribution in [3.05, 3.63) is 41.0 Å². The van der Waals surface area contributed by atoms with Gasteiger partial charge in [0, 0.05) is 0 Å². The number of aryl methyl sites for hydroxylation is 1. The molecule has 78 valence electrons. The molecule has 2 rings (SSSR count). The molecule has 0 aromatic heterocycles. The standard InChI is InChI=1S/C12H11ClO2/c1-15-12(14)10-7-6-8-4-2-3-5-9(8)11(10)13/h2-5H,6-7H2,1H3. The molecule has 2 nitrogen and oxygen atoms in total. The first-order valence-corrected chi connectivity index (χ1v) is 5.17. The van der Waals surface area contributed by atoms with Crippen molar-refractivity contribution in [3.8, 4) is 0 Å². The first-order valence-electron chi connectivity index (χ1n) is 4.79. The van der Waals surface area contributed by atoms with Crippen molar-refractivity contribution >= 4 is 22.6 Å². The predicted octanol–water partition coefficient (Wildman–Crippen LogP) is 2.76. The van der Waals surface area contributed by atoms with Crippen LogP contribution in [-0.4, -0.2) is 13.1 Å². The zero-order valence-electron chi connectivity index (χ0n) is 8.42. The van der Waals surface area contributed by atoms with Crippen LogP contribution < -0.4 is 0 Å². The summed E-state index contributed by atoms with van der Waals surface area (Å²) in [5.74, 6) is -0.325. The summed E-state index contributed by atoms with van der Waals surface area (Å²) >= 11 is 6.17. The number of esters is 1. The highest BCUT2D eigenvalue weighted by atomic mass is 35.5. The van der Waals surface area contributed by atoms with Crippen LogP contribution in [0.1, 0.15) is 17.5 Å². The highest BCUT2D eigenvalue weighted by molar-refractivity contribution is 6.51. The first kappa shape index (κ1) is 10.2. The predicted molar refractivity (Wildman–Crippen MR) is 59.6 cm³/mol. The Kier molecular flexibility index (Phi) is 2.78. The van der Waals surface area contributed by atoms with Gasteiger partial charge in [0.1, 0.15) is 0 Å². The van der Waals surface area contributed by atoms with Crippen molar-refractivity contribution < 1.29 is 9.53 Å². The molecule has 0 spiro atoms. The quantitative estimate of drug-likeness (QED) is 0.683. The van der Waals surface area contributed by atoms with E-state index in [1.807, 2.05) is 24.3 Å². The molecule has 1 aromatic carbocycles. The molecular formula is C12H11ClO2. The Morgan fingerprint density at radius 1 is 1.33 bits per heavy atom. The van der Waals surface area contributed by atoms with Gasteiger partial charge in [-0.25, -0.2) is 4.79 Å². The maximum absolute atomic E-state index is 11.4. The smallest absolute Gasteiger partial charge is 0.335 e. The van der Waals surface area contributed by atoms with E-state index < -0.39 is 0 Å². The highest BCUT2D eigenvalue weighted by Gasteiger charge is 2.22. The van der Waals surface area contributed by atoms with Crippen molar-refractivity contribution in [2.24, 2.45) is 0 Å². The molecule has 0 aliphatic heterocycles. The molecule has 0 bridgehead atoms. The monoisotopic (exact) mass is 222 g/mol. The second-order valence-corrected chi connectivity index (χ2v) is 3.82. The summed E-state index contributed by atoms with van der Waals surface area (Å²) in [5.41, 5.74) is 2.72. The number of benzene rings is 1. The first-order chi connectivity index (χ1) is 7.24. The van der Waals surface area contributed by atoms with E-state index in [0.29, 0.717) is 17.0 Å². The van der Waals surface area contributed by atoms with Gasteiger partial charge in [-0.1, -0.05) is 35.9 Å². The Morgan fingerprint density at radius 2 is 2.07 bits per heavy atom. The van der Waals surface area contributed by atoms with Gasteiger partial charge in [-0.05, 0) is 24.0 Å². The maximum Gasteiger partial charge on any atom is 0.335 e. The van der Waals surface area contributed by atoms with Gasteiger partial charge in [0.2, 0.25) is 0 Å². The summed E-state index contributed by atoms with van der Waals surface area (Å²) < 4.78 is 4.69. The average molecular weight is 223 g/mol. The van der Waals surface area contributed by atoms with Crippen molar-refractivity contribution in [2.45, 2.75) is 12.8 Å². The minimum absolute atomic E-state index is 0.325. The maximum atomic E-state index is 11.4. The van der Waals surface area contributed by atoms with E-state index >= 15 is 0 Å². The summed E-state index contributed by atoms with van der Waals surface area (Å²) in [7, 11) is 1.38. The summed E-state index contributed by atoms with van der Waals surface area (Å²) in [4.78, 5) is 11.4. The van der Waals surface area contributed by atoms with Crippen molar-refractivity contribution in [2.75, 3.05) is 7.11 Å². The Labute approximate surface area is 93.5 Å². The van der Waals surface area contributed by atoms with Crippen LogP contribution in [-0.2, 0) is 16.0 Å².